The van der Waals surface area contributed by atoms with Crippen molar-refractivity contribution >= 4 is 8.80 Å². The fourth-order valence-electron chi connectivity index (χ4n) is 3.89. The smallest absolute Gasteiger partial charge is 0.374 e. The maximum Gasteiger partial charge on any atom is 0.500 e. The largest absolute Gasteiger partial charge is 0.500 e. The van der Waals surface area contributed by atoms with Crippen LogP contribution in [0.5, 0.6) is 0 Å². The van der Waals surface area contributed by atoms with E-state index in [1.807, 2.05) is 20.8 Å². The molecule has 0 aliphatic carbocycles. The third-order valence-corrected chi connectivity index (χ3v) is 8.58. The summed E-state index contributed by atoms with van der Waals surface area (Å²) in [6.07, 6.45) is 22.4. The molecule has 0 fully saturated rings. The molecular formula is C24H52O3Si. The Balaban J connectivity index is 3.46. The van der Waals surface area contributed by atoms with Crippen LogP contribution in [0.3, 0.4) is 0 Å². The number of hydrogen-bond acceptors (Lipinski definition) is 3. The van der Waals surface area contributed by atoms with Crippen molar-refractivity contribution in [1.29, 1.82) is 0 Å². The van der Waals surface area contributed by atoms with E-state index < -0.39 is 8.80 Å². The molecule has 0 aliphatic rings. The van der Waals surface area contributed by atoms with E-state index in [9.17, 15) is 0 Å². The molecule has 0 unspecified atom stereocenters. The molecule has 0 rings (SSSR count). The Morgan fingerprint density at radius 2 is 0.679 bits per heavy atom. The summed E-state index contributed by atoms with van der Waals surface area (Å²) in [4.78, 5) is 0. The second kappa shape index (κ2) is 21.8. The van der Waals surface area contributed by atoms with Crippen LogP contribution < -0.4 is 0 Å². The Kier molecular flexibility index (Phi) is 21.9. The van der Waals surface area contributed by atoms with Gasteiger partial charge >= 0.3 is 8.80 Å². The monoisotopic (exact) mass is 416 g/mol. The van der Waals surface area contributed by atoms with Gasteiger partial charge in [0, 0.05) is 25.9 Å². The Bertz CT molecular complexity index is 283. The van der Waals surface area contributed by atoms with Crippen LogP contribution in [0.2, 0.25) is 6.04 Å². The third kappa shape index (κ3) is 17.0. The summed E-state index contributed by atoms with van der Waals surface area (Å²) < 4.78 is 17.8. The Morgan fingerprint density at radius 1 is 0.393 bits per heavy atom. The average Bonchev–Trinajstić information content (AvgIpc) is 2.68. The van der Waals surface area contributed by atoms with Gasteiger partial charge in [-0.25, -0.2) is 0 Å². The van der Waals surface area contributed by atoms with Crippen LogP contribution in [0.4, 0.5) is 0 Å². The van der Waals surface area contributed by atoms with Gasteiger partial charge in [0.05, 0.1) is 0 Å². The number of hydrogen-bond donors (Lipinski definition) is 0. The van der Waals surface area contributed by atoms with Crippen LogP contribution in [-0.4, -0.2) is 28.6 Å². The molecule has 0 N–H and O–H groups in total. The normalized spacial score (nSPS) is 12.0. The van der Waals surface area contributed by atoms with Crippen LogP contribution in [0.25, 0.3) is 0 Å². The lowest BCUT2D eigenvalue weighted by Crippen LogP contribution is -2.45. The molecule has 0 radical (unpaired) electrons. The standard InChI is InChI=1S/C24H52O3Si/c1-5-9-10-11-12-13-14-15-16-17-18-19-20-21-22-23-24-28(25-6-2,26-7-3)27-8-4/h5-24H2,1-4H3. The van der Waals surface area contributed by atoms with Crippen molar-refractivity contribution in [2.24, 2.45) is 0 Å². The lowest BCUT2D eigenvalue weighted by atomic mass is 10.0. The van der Waals surface area contributed by atoms with E-state index in [1.165, 1.54) is 103 Å². The van der Waals surface area contributed by atoms with Gasteiger partial charge in [-0.15, -0.1) is 0 Å². The van der Waals surface area contributed by atoms with Gasteiger partial charge in [-0.1, -0.05) is 103 Å². The van der Waals surface area contributed by atoms with Gasteiger partial charge in [-0.05, 0) is 27.2 Å². The van der Waals surface area contributed by atoms with Gasteiger partial charge in [0.2, 0.25) is 0 Å². The second-order valence-corrected chi connectivity index (χ2v) is 10.8. The van der Waals surface area contributed by atoms with Crippen LogP contribution in [0.1, 0.15) is 130 Å². The van der Waals surface area contributed by atoms with Crippen LogP contribution >= 0.6 is 0 Å². The highest BCUT2D eigenvalue weighted by Crippen LogP contribution is 2.21. The molecule has 28 heavy (non-hydrogen) atoms. The van der Waals surface area contributed by atoms with Crippen molar-refractivity contribution < 1.29 is 13.3 Å². The van der Waals surface area contributed by atoms with Gasteiger partial charge in [0.1, 0.15) is 0 Å². The number of rotatable bonds is 23. The summed E-state index contributed by atoms with van der Waals surface area (Å²) in [6, 6.07) is 0.973. The topological polar surface area (TPSA) is 27.7 Å². The Hall–Kier alpha value is 0.0969. The first kappa shape index (κ1) is 28.1. The Morgan fingerprint density at radius 3 is 0.964 bits per heavy atom. The maximum absolute atomic E-state index is 5.93. The second-order valence-electron chi connectivity index (χ2n) is 8.04. The summed E-state index contributed by atoms with van der Waals surface area (Å²) in [6.45, 7) is 10.5. The molecule has 0 aromatic heterocycles. The van der Waals surface area contributed by atoms with Crippen molar-refractivity contribution in [2.75, 3.05) is 19.8 Å². The molecule has 0 atom stereocenters. The molecule has 0 saturated heterocycles. The quantitative estimate of drug-likeness (QED) is 0.124. The van der Waals surface area contributed by atoms with Gasteiger partial charge in [0.15, 0.2) is 0 Å². The first-order valence-corrected chi connectivity index (χ1v) is 14.6. The lowest BCUT2D eigenvalue weighted by molar-refractivity contribution is 0.0706. The number of unbranched alkanes of at least 4 members (excludes halogenated alkanes) is 15. The lowest BCUT2D eigenvalue weighted by Gasteiger charge is -2.28. The first-order chi connectivity index (χ1) is 13.7. The Labute approximate surface area is 178 Å². The molecular weight excluding hydrogens is 364 g/mol. The minimum Gasteiger partial charge on any atom is -0.374 e. The SMILES string of the molecule is CCCCCCCCCCCCCCCCCC[Si](OCC)(OCC)OCC. The zero-order valence-electron chi connectivity index (χ0n) is 19.9. The van der Waals surface area contributed by atoms with Crippen molar-refractivity contribution in [3.05, 3.63) is 0 Å². The van der Waals surface area contributed by atoms with Crippen LogP contribution in [0, 0.1) is 0 Å². The predicted molar refractivity (Wildman–Crippen MR) is 125 cm³/mol. The molecule has 170 valence electrons. The highest BCUT2D eigenvalue weighted by molar-refractivity contribution is 6.60. The van der Waals surface area contributed by atoms with Crippen molar-refractivity contribution in [1.82, 2.24) is 0 Å². The molecule has 0 aromatic rings. The summed E-state index contributed by atoms with van der Waals surface area (Å²) in [5, 5.41) is 0. The van der Waals surface area contributed by atoms with E-state index in [2.05, 4.69) is 6.92 Å². The molecule has 3 nitrogen and oxygen atoms in total. The fourth-order valence-corrected chi connectivity index (χ4v) is 6.58. The van der Waals surface area contributed by atoms with Gasteiger partial charge in [0.25, 0.3) is 0 Å². The zero-order valence-corrected chi connectivity index (χ0v) is 20.9. The van der Waals surface area contributed by atoms with Crippen molar-refractivity contribution in [3.63, 3.8) is 0 Å². The van der Waals surface area contributed by atoms with E-state index in [0.29, 0.717) is 19.8 Å². The van der Waals surface area contributed by atoms with Gasteiger partial charge in [-0.2, -0.15) is 0 Å². The van der Waals surface area contributed by atoms with E-state index in [0.717, 1.165) is 6.04 Å². The molecule has 0 heterocycles. The molecule has 0 spiro atoms. The van der Waals surface area contributed by atoms with E-state index in [4.69, 9.17) is 13.3 Å². The third-order valence-electron chi connectivity index (χ3n) is 5.43. The maximum atomic E-state index is 5.93. The van der Waals surface area contributed by atoms with Crippen molar-refractivity contribution in [3.8, 4) is 0 Å². The highest BCUT2D eigenvalue weighted by atomic mass is 28.4. The molecule has 0 bridgehead atoms. The molecule has 0 aromatic carbocycles. The fraction of sp³-hybridized carbons (Fsp3) is 1.00. The molecule has 0 amide bonds. The molecule has 0 aliphatic heterocycles. The highest BCUT2D eigenvalue weighted by Gasteiger charge is 2.39. The summed E-state index contributed by atoms with van der Waals surface area (Å²) >= 11 is 0. The molecule has 4 heteroatoms. The first-order valence-electron chi connectivity index (χ1n) is 12.7. The summed E-state index contributed by atoms with van der Waals surface area (Å²) in [5.74, 6) is 0. The molecule has 0 saturated carbocycles. The van der Waals surface area contributed by atoms with Gasteiger partial charge in [-0.3, -0.25) is 0 Å². The average molecular weight is 417 g/mol. The minimum atomic E-state index is -2.40. The zero-order chi connectivity index (χ0) is 20.8. The van der Waals surface area contributed by atoms with Crippen LogP contribution in [-0.2, 0) is 13.3 Å². The summed E-state index contributed by atoms with van der Waals surface area (Å²) in [7, 11) is -2.40. The minimum absolute atomic E-state index is 0.686. The van der Waals surface area contributed by atoms with E-state index in [-0.39, 0.29) is 0 Å². The van der Waals surface area contributed by atoms with Gasteiger partial charge < -0.3 is 13.3 Å². The van der Waals surface area contributed by atoms with Crippen LogP contribution in [0.15, 0.2) is 0 Å². The van der Waals surface area contributed by atoms with E-state index >= 15 is 0 Å². The van der Waals surface area contributed by atoms with E-state index in [1.54, 1.807) is 0 Å². The summed E-state index contributed by atoms with van der Waals surface area (Å²) in [5.41, 5.74) is 0. The van der Waals surface area contributed by atoms with Crippen molar-refractivity contribution in [2.45, 2.75) is 136 Å². The predicted octanol–water partition coefficient (Wildman–Crippen LogP) is 8.30.